The second-order valence-electron chi connectivity index (χ2n) is 7.32. The molecule has 0 aliphatic rings. The molecule has 0 bridgehead atoms. The van der Waals surface area contributed by atoms with Crippen molar-refractivity contribution in [2.45, 2.75) is 19.8 Å². The maximum Gasteiger partial charge on any atom is 0.141 e. The summed E-state index contributed by atoms with van der Waals surface area (Å²) in [7, 11) is 0. The quantitative estimate of drug-likeness (QED) is 0.416. The van der Waals surface area contributed by atoms with E-state index >= 15 is 0 Å². The van der Waals surface area contributed by atoms with Crippen LogP contribution in [0.5, 0.6) is 0 Å². The molecule has 1 N–H and O–H groups in total. The third-order valence-electron chi connectivity index (χ3n) is 5.46. The Kier molecular flexibility index (Phi) is 4.24. The Morgan fingerprint density at radius 1 is 0.897 bits per heavy atom. The second-order valence-corrected chi connectivity index (χ2v) is 7.32. The minimum Gasteiger partial charge on any atom is -0.361 e. The number of fused-ring (bicyclic) bond motifs is 1. The second kappa shape index (κ2) is 7.06. The monoisotopic (exact) mass is 379 g/mol. The summed E-state index contributed by atoms with van der Waals surface area (Å²) < 4.78 is 5.37. The van der Waals surface area contributed by atoms with Gasteiger partial charge in [0.25, 0.3) is 0 Å². The highest BCUT2D eigenvalue weighted by molar-refractivity contribution is 5.86. The van der Waals surface area contributed by atoms with E-state index in [-0.39, 0.29) is 5.92 Å². The average Bonchev–Trinajstić information content (AvgIpc) is 3.32. The Hall–Kier alpha value is -3.66. The minimum atomic E-state index is 0.118. The Morgan fingerprint density at radius 2 is 1.55 bits per heavy atom. The van der Waals surface area contributed by atoms with Crippen molar-refractivity contribution in [2.24, 2.45) is 0 Å². The lowest BCUT2D eigenvalue weighted by atomic mass is 9.85. The molecule has 4 heteroatoms. The third kappa shape index (κ3) is 3.03. The van der Waals surface area contributed by atoms with E-state index in [1.54, 1.807) is 0 Å². The standard InChI is InChI=1S/C25H21N3O/c1-16-23(17(2)29-28-16)20-13-21-22(15-27-25(21)26-14-20)24(18-9-5-3-6-10-18)19-11-7-4-8-12-19/h3-15,24H,1-2H3,(H,26,27). The van der Waals surface area contributed by atoms with Crippen molar-refractivity contribution in [1.82, 2.24) is 15.1 Å². The maximum absolute atomic E-state index is 5.37. The molecule has 0 aliphatic heterocycles. The summed E-state index contributed by atoms with van der Waals surface area (Å²) in [4.78, 5) is 8.04. The van der Waals surface area contributed by atoms with E-state index in [1.165, 1.54) is 16.7 Å². The summed E-state index contributed by atoms with van der Waals surface area (Å²) in [6.07, 6.45) is 3.97. The van der Waals surface area contributed by atoms with Crippen LogP contribution >= 0.6 is 0 Å². The summed E-state index contributed by atoms with van der Waals surface area (Å²) in [6.45, 7) is 3.90. The highest BCUT2D eigenvalue weighted by Gasteiger charge is 2.21. The normalized spacial score (nSPS) is 11.4. The van der Waals surface area contributed by atoms with Crippen molar-refractivity contribution in [1.29, 1.82) is 0 Å². The zero-order valence-electron chi connectivity index (χ0n) is 16.4. The number of aromatic nitrogens is 3. The van der Waals surface area contributed by atoms with Gasteiger partial charge in [-0.05, 0) is 36.6 Å². The first kappa shape index (κ1) is 17.4. The Labute approximate surface area is 169 Å². The van der Waals surface area contributed by atoms with E-state index in [0.29, 0.717) is 0 Å². The molecule has 3 heterocycles. The summed E-state index contributed by atoms with van der Waals surface area (Å²) in [5.74, 6) is 0.927. The summed E-state index contributed by atoms with van der Waals surface area (Å²) in [6, 6.07) is 23.4. The van der Waals surface area contributed by atoms with Gasteiger partial charge in [-0.2, -0.15) is 0 Å². The summed E-state index contributed by atoms with van der Waals surface area (Å²) >= 11 is 0. The van der Waals surface area contributed by atoms with E-state index < -0.39 is 0 Å². The number of nitrogens with one attached hydrogen (secondary N) is 1. The van der Waals surface area contributed by atoms with E-state index in [0.717, 1.165) is 33.6 Å². The number of H-pyrrole nitrogens is 1. The Bertz CT molecular complexity index is 1210. The lowest BCUT2D eigenvalue weighted by molar-refractivity contribution is 0.393. The number of benzene rings is 2. The molecule has 0 atom stereocenters. The molecule has 0 unspecified atom stereocenters. The van der Waals surface area contributed by atoms with Crippen molar-refractivity contribution in [3.8, 4) is 11.1 Å². The van der Waals surface area contributed by atoms with Crippen molar-refractivity contribution in [2.75, 3.05) is 0 Å². The van der Waals surface area contributed by atoms with Crippen molar-refractivity contribution >= 4 is 11.0 Å². The van der Waals surface area contributed by atoms with Crippen molar-refractivity contribution in [3.05, 3.63) is 107 Å². The predicted octanol–water partition coefficient (Wildman–Crippen LogP) is 6.01. The molecule has 142 valence electrons. The highest BCUT2D eigenvalue weighted by Crippen LogP contribution is 2.37. The van der Waals surface area contributed by atoms with Crippen molar-refractivity contribution in [3.63, 3.8) is 0 Å². The average molecular weight is 379 g/mol. The lowest BCUT2D eigenvalue weighted by Crippen LogP contribution is -2.02. The molecule has 5 aromatic rings. The van der Waals surface area contributed by atoms with Gasteiger partial charge in [-0.15, -0.1) is 0 Å². The molecule has 0 saturated carbocycles. The van der Waals surface area contributed by atoms with Gasteiger partial charge in [-0.3, -0.25) is 0 Å². The number of aryl methyl sites for hydroxylation is 2. The first-order valence-electron chi connectivity index (χ1n) is 9.72. The van der Waals surface area contributed by atoms with Gasteiger partial charge in [0.1, 0.15) is 11.4 Å². The molecular weight excluding hydrogens is 358 g/mol. The largest absolute Gasteiger partial charge is 0.361 e. The van der Waals surface area contributed by atoms with Gasteiger partial charge >= 0.3 is 0 Å². The molecule has 29 heavy (non-hydrogen) atoms. The smallest absolute Gasteiger partial charge is 0.141 e. The molecular formula is C25H21N3O. The SMILES string of the molecule is Cc1noc(C)c1-c1cnc2[nH]cc(C(c3ccccc3)c3ccccc3)c2c1. The molecule has 0 amide bonds. The fourth-order valence-electron chi connectivity index (χ4n) is 4.14. The number of hydrogen-bond acceptors (Lipinski definition) is 3. The molecule has 5 rings (SSSR count). The van der Waals surface area contributed by atoms with Crippen LogP contribution in [0.15, 0.2) is 83.6 Å². The first-order chi connectivity index (χ1) is 14.2. The van der Waals surface area contributed by atoms with E-state index in [9.17, 15) is 0 Å². The first-order valence-corrected chi connectivity index (χ1v) is 9.72. The van der Waals surface area contributed by atoms with Crippen LogP contribution in [0.1, 0.15) is 34.1 Å². The highest BCUT2D eigenvalue weighted by atomic mass is 16.5. The molecule has 2 aromatic carbocycles. The summed E-state index contributed by atoms with van der Waals surface area (Å²) in [5, 5.41) is 5.21. The number of rotatable bonds is 4. The fourth-order valence-corrected chi connectivity index (χ4v) is 4.14. The van der Waals surface area contributed by atoms with Crippen LogP contribution < -0.4 is 0 Å². The van der Waals surface area contributed by atoms with Gasteiger partial charge in [-0.25, -0.2) is 4.98 Å². The van der Waals surface area contributed by atoms with Crippen LogP contribution in [-0.2, 0) is 0 Å². The fraction of sp³-hybridized carbons (Fsp3) is 0.120. The Morgan fingerprint density at radius 3 is 2.14 bits per heavy atom. The van der Waals surface area contributed by atoms with E-state index in [2.05, 4.69) is 88.1 Å². The van der Waals surface area contributed by atoms with Gasteiger partial charge in [0.05, 0.1) is 5.69 Å². The number of hydrogen-bond donors (Lipinski definition) is 1. The predicted molar refractivity (Wildman–Crippen MR) is 115 cm³/mol. The van der Waals surface area contributed by atoms with Crippen LogP contribution in [0.25, 0.3) is 22.2 Å². The number of nitrogens with zero attached hydrogens (tertiary/aromatic N) is 2. The third-order valence-corrected chi connectivity index (χ3v) is 5.46. The molecule has 0 radical (unpaired) electrons. The van der Waals surface area contributed by atoms with Crippen LogP contribution in [0, 0.1) is 13.8 Å². The molecule has 0 saturated heterocycles. The van der Waals surface area contributed by atoms with Gasteiger partial charge < -0.3 is 9.51 Å². The molecule has 0 spiro atoms. The Balaban J connectivity index is 1.73. The van der Waals surface area contributed by atoms with Crippen molar-refractivity contribution < 1.29 is 4.52 Å². The van der Waals surface area contributed by atoms with E-state index in [4.69, 9.17) is 4.52 Å². The molecule has 3 aromatic heterocycles. The lowest BCUT2D eigenvalue weighted by Gasteiger charge is -2.18. The molecule has 0 aliphatic carbocycles. The number of pyridine rings is 1. The summed E-state index contributed by atoms with van der Waals surface area (Å²) in [5.41, 5.74) is 7.51. The van der Waals surface area contributed by atoms with Crippen LogP contribution in [0.2, 0.25) is 0 Å². The topological polar surface area (TPSA) is 54.7 Å². The zero-order chi connectivity index (χ0) is 19.8. The maximum atomic E-state index is 5.37. The van der Waals surface area contributed by atoms with Crippen LogP contribution in [-0.4, -0.2) is 15.1 Å². The molecule has 0 fully saturated rings. The zero-order valence-corrected chi connectivity index (χ0v) is 16.4. The van der Waals surface area contributed by atoms with Crippen LogP contribution in [0.4, 0.5) is 0 Å². The minimum absolute atomic E-state index is 0.118. The van der Waals surface area contributed by atoms with Crippen LogP contribution in [0.3, 0.4) is 0 Å². The van der Waals surface area contributed by atoms with Gasteiger partial charge in [0, 0.05) is 34.8 Å². The van der Waals surface area contributed by atoms with Gasteiger partial charge in [0.15, 0.2) is 0 Å². The molecule has 4 nitrogen and oxygen atoms in total. The van der Waals surface area contributed by atoms with Gasteiger partial charge in [-0.1, -0.05) is 65.8 Å². The number of aromatic amines is 1. The van der Waals surface area contributed by atoms with E-state index in [1.807, 2.05) is 20.0 Å². The van der Waals surface area contributed by atoms with Gasteiger partial charge in [0.2, 0.25) is 0 Å².